The Morgan fingerprint density at radius 1 is 1.36 bits per heavy atom. The second-order valence-corrected chi connectivity index (χ2v) is 6.09. The van der Waals surface area contributed by atoms with Crippen molar-refractivity contribution < 1.29 is 18.3 Å². The Morgan fingerprint density at radius 2 is 1.93 bits per heavy atom. The molecule has 6 heteroatoms. The van der Waals surface area contributed by atoms with Crippen molar-refractivity contribution in [1.82, 2.24) is 4.31 Å². The number of carboxylic acid groups (broad SMARTS) is 1. The summed E-state index contributed by atoms with van der Waals surface area (Å²) < 4.78 is 24.4. The maximum atomic E-state index is 11.6. The summed E-state index contributed by atoms with van der Waals surface area (Å²) in [6.45, 7) is 0.314. The quantitative estimate of drug-likeness (QED) is 0.707. The fourth-order valence-corrected chi connectivity index (χ4v) is 3.46. The van der Waals surface area contributed by atoms with Crippen LogP contribution in [-0.2, 0) is 14.8 Å². The third kappa shape index (κ3) is 1.90. The van der Waals surface area contributed by atoms with Gasteiger partial charge in [-0.2, -0.15) is 0 Å². The molecule has 2 rings (SSSR count). The molecule has 5 nitrogen and oxygen atoms in total. The van der Waals surface area contributed by atoms with Crippen molar-refractivity contribution in [2.45, 2.75) is 12.8 Å². The average molecular weight is 219 g/mol. The van der Waals surface area contributed by atoms with E-state index in [1.54, 1.807) is 0 Å². The number of carbonyl (C=O) groups is 1. The molecule has 0 atom stereocenters. The number of rotatable bonds is 4. The van der Waals surface area contributed by atoms with Crippen molar-refractivity contribution in [2.75, 3.05) is 18.8 Å². The zero-order valence-corrected chi connectivity index (χ0v) is 8.53. The number of nitrogens with zero attached hydrogens (tertiary/aromatic N) is 1. The summed E-state index contributed by atoms with van der Waals surface area (Å²) in [7, 11) is -3.16. The number of hydrogen-bond donors (Lipinski definition) is 1. The van der Waals surface area contributed by atoms with Gasteiger partial charge in [-0.25, -0.2) is 12.7 Å². The highest BCUT2D eigenvalue weighted by atomic mass is 32.2. The standard InChI is InChI=1S/C8H13NO4S/c10-8(11)7-3-9(4-7)14(12,13)5-6-1-2-6/h6-7H,1-5H2,(H,10,11). The SMILES string of the molecule is O=C(O)C1CN(S(=O)(=O)CC2CC2)C1. The zero-order chi connectivity index (χ0) is 10.3. The van der Waals surface area contributed by atoms with Gasteiger partial charge in [-0.05, 0) is 18.8 Å². The van der Waals surface area contributed by atoms with Crippen LogP contribution in [0.3, 0.4) is 0 Å². The van der Waals surface area contributed by atoms with Crippen LogP contribution in [-0.4, -0.2) is 42.6 Å². The minimum absolute atomic E-state index is 0.157. The fraction of sp³-hybridized carbons (Fsp3) is 0.875. The minimum atomic E-state index is -3.16. The molecular weight excluding hydrogens is 206 g/mol. The first kappa shape index (κ1) is 9.92. The van der Waals surface area contributed by atoms with E-state index in [1.807, 2.05) is 0 Å². The van der Waals surface area contributed by atoms with Gasteiger partial charge in [0.15, 0.2) is 0 Å². The van der Waals surface area contributed by atoms with Crippen LogP contribution in [0.15, 0.2) is 0 Å². The van der Waals surface area contributed by atoms with E-state index in [-0.39, 0.29) is 18.8 Å². The Bertz CT molecular complexity index is 340. The number of aliphatic carboxylic acids is 1. The molecule has 14 heavy (non-hydrogen) atoms. The Morgan fingerprint density at radius 3 is 2.36 bits per heavy atom. The normalized spacial score (nSPS) is 24.6. The molecule has 0 bridgehead atoms. The van der Waals surface area contributed by atoms with Gasteiger partial charge in [-0.1, -0.05) is 0 Å². The Labute approximate surface area is 82.8 Å². The molecule has 0 aromatic carbocycles. The predicted octanol–water partition coefficient (Wildman–Crippen LogP) is -0.257. The third-order valence-electron chi connectivity index (χ3n) is 2.73. The molecule has 0 radical (unpaired) electrons. The van der Waals surface area contributed by atoms with Crippen LogP contribution in [0.2, 0.25) is 0 Å². The van der Waals surface area contributed by atoms with E-state index in [9.17, 15) is 13.2 Å². The van der Waals surface area contributed by atoms with Crippen LogP contribution in [0.25, 0.3) is 0 Å². The van der Waals surface area contributed by atoms with Gasteiger partial charge in [0.1, 0.15) is 0 Å². The summed E-state index contributed by atoms with van der Waals surface area (Å²) in [5, 5.41) is 8.59. The molecule has 0 aromatic rings. The lowest BCUT2D eigenvalue weighted by Crippen LogP contribution is -2.53. The van der Waals surface area contributed by atoms with Gasteiger partial charge in [0.2, 0.25) is 10.0 Å². The summed E-state index contributed by atoms with van der Waals surface area (Å²) in [6, 6.07) is 0. The maximum Gasteiger partial charge on any atom is 0.309 e. The van der Waals surface area contributed by atoms with E-state index in [0.717, 1.165) is 12.8 Å². The first-order chi connectivity index (χ1) is 6.49. The van der Waals surface area contributed by atoms with Gasteiger partial charge in [-0.3, -0.25) is 4.79 Å². The van der Waals surface area contributed by atoms with E-state index in [2.05, 4.69) is 0 Å². The highest BCUT2D eigenvalue weighted by Crippen LogP contribution is 2.32. The van der Waals surface area contributed by atoms with Crippen molar-refractivity contribution in [3.8, 4) is 0 Å². The highest BCUT2D eigenvalue weighted by molar-refractivity contribution is 7.89. The smallest absolute Gasteiger partial charge is 0.309 e. The minimum Gasteiger partial charge on any atom is -0.481 e. The van der Waals surface area contributed by atoms with Crippen molar-refractivity contribution in [2.24, 2.45) is 11.8 Å². The van der Waals surface area contributed by atoms with Crippen LogP contribution in [0.4, 0.5) is 0 Å². The summed E-state index contributed by atoms with van der Waals surface area (Å²) in [4.78, 5) is 10.5. The first-order valence-corrected chi connectivity index (χ1v) is 6.30. The van der Waals surface area contributed by atoms with Gasteiger partial charge >= 0.3 is 5.97 Å². The lowest BCUT2D eigenvalue weighted by Gasteiger charge is -2.35. The highest BCUT2D eigenvalue weighted by Gasteiger charge is 2.41. The molecule has 0 amide bonds. The first-order valence-electron chi connectivity index (χ1n) is 4.69. The van der Waals surface area contributed by atoms with Crippen LogP contribution < -0.4 is 0 Å². The molecule has 1 aliphatic carbocycles. The van der Waals surface area contributed by atoms with Crippen LogP contribution in [0.5, 0.6) is 0 Å². The molecule has 1 saturated carbocycles. The number of sulfonamides is 1. The molecule has 1 saturated heterocycles. The topological polar surface area (TPSA) is 74.7 Å². The second kappa shape index (κ2) is 3.20. The molecule has 1 aliphatic heterocycles. The van der Waals surface area contributed by atoms with Gasteiger partial charge in [0, 0.05) is 13.1 Å². The summed E-state index contributed by atoms with van der Waals surface area (Å²) in [5.74, 6) is -0.866. The van der Waals surface area contributed by atoms with Gasteiger partial charge in [0.25, 0.3) is 0 Å². The van der Waals surface area contributed by atoms with E-state index >= 15 is 0 Å². The summed E-state index contributed by atoms with van der Waals surface area (Å²) in [5.41, 5.74) is 0. The number of hydrogen-bond acceptors (Lipinski definition) is 3. The van der Waals surface area contributed by atoms with Crippen molar-refractivity contribution in [1.29, 1.82) is 0 Å². The molecule has 0 aromatic heterocycles. The van der Waals surface area contributed by atoms with Gasteiger partial charge < -0.3 is 5.11 Å². The Hall–Kier alpha value is -0.620. The van der Waals surface area contributed by atoms with Crippen molar-refractivity contribution in [3.63, 3.8) is 0 Å². The van der Waals surface area contributed by atoms with Crippen molar-refractivity contribution >= 4 is 16.0 Å². The van der Waals surface area contributed by atoms with Gasteiger partial charge in [-0.15, -0.1) is 0 Å². The predicted molar refractivity (Wildman–Crippen MR) is 49.2 cm³/mol. The van der Waals surface area contributed by atoms with Crippen LogP contribution >= 0.6 is 0 Å². The average Bonchev–Trinajstić information content (AvgIpc) is 2.63. The largest absolute Gasteiger partial charge is 0.481 e. The zero-order valence-electron chi connectivity index (χ0n) is 7.72. The summed E-state index contributed by atoms with van der Waals surface area (Å²) in [6.07, 6.45) is 1.99. The molecule has 0 unspecified atom stereocenters. The van der Waals surface area contributed by atoms with Crippen molar-refractivity contribution in [3.05, 3.63) is 0 Å². The molecule has 2 aliphatic rings. The van der Waals surface area contributed by atoms with E-state index in [1.165, 1.54) is 4.31 Å². The fourth-order valence-electron chi connectivity index (χ4n) is 1.51. The third-order valence-corrected chi connectivity index (χ3v) is 4.71. The van der Waals surface area contributed by atoms with Gasteiger partial charge in [0.05, 0.1) is 11.7 Å². The molecule has 0 spiro atoms. The van der Waals surface area contributed by atoms with E-state index in [0.29, 0.717) is 5.92 Å². The monoisotopic (exact) mass is 219 g/mol. The van der Waals surface area contributed by atoms with Crippen LogP contribution in [0, 0.1) is 11.8 Å². The Kier molecular flexibility index (Phi) is 2.27. The second-order valence-electron chi connectivity index (χ2n) is 4.07. The molecule has 80 valence electrons. The lowest BCUT2D eigenvalue weighted by molar-refractivity contribution is -0.145. The maximum absolute atomic E-state index is 11.6. The molecule has 2 fully saturated rings. The van der Waals surface area contributed by atoms with E-state index < -0.39 is 21.9 Å². The van der Waals surface area contributed by atoms with E-state index in [4.69, 9.17) is 5.11 Å². The lowest BCUT2D eigenvalue weighted by atomic mass is 10.0. The Balaban J connectivity index is 1.88. The summed E-state index contributed by atoms with van der Waals surface area (Å²) >= 11 is 0. The molecule has 1 N–H and O–H groups in total. The molecular formula is C8H13NO4S. The van der Waals surface area contributed by atoms with Crippen LogP contribution in [0.1, 0.15) is 12.8 Å². The molecule has 1 heterocycles. The number of carboxylic acids is 1.